The number of rotatable bonds is 9. The molecule has 1 saturated carbocycles. The van der Waals surface area contributed by atoms with Crippen molar-refractivity contribution in [3.05, 3.63) is 35.5 Å². The summed E-state index contributed by atoms with van der Waals surface area (Å²) in [7, 11) is 1.44. The molecule has 2 fully saturated rings. The highest BCUT2D eigenvalue weighted by molar-refractivity contribution is 5.95. The molecule has 2 amide bonds. The van der Waals surface area contributed by atoms with Gasteiger partial charge in [-0.1, -0.05) is 19.8 Å². The lowest BCUT2D eigenvalue weighted by Gasteiger charge is -2.33. The summed E-state index contributed by atoms with van der Waals surface area (Å²) in [4.78, 5) is 34.9. The number of piperidine rings is 1. The van der Waals surface area contributed by atoms with Gasteiger partial charge in [0, 0.05) is 49.9 Å². The molecule has 4 N–H and O–H groups in total. The number of ether oxygens (including phenoxy) is 1. The maximum absolute atomic E-state index is 13.8. The first-order valence-corrected chi connectivity index (χ1v) is 14.0. The number of carbonyl (C=O) groups is 2. The summed E-state index contributed by atoms with van der Waals surface area (Å²) in [5, 5.41) is 11.7. The fourth-order valence-corrected chi connectivity index (χ4v) is 5.39. The molecule has 41 heavy (non-hydrogen) atoms. The minimum absolute atomic E-state index is 0.0782. The van der Waals surface area contributed by atoms with E-state index in [-0.39, 0.29) is 35.7 Å². The van der Waals surface area contributed by atoms with Crippen molar-refractivity contribution in [2.45, 2.75) is 76.7 Å². The lowest BCUT2D eigenvalue weighted by Crippen LogP contribution is -2.48. The van der Waals surface area contributed by atoms with Gasteiger partial charge >= 0.3 is 6.18 Å². The average Bonchev–Trinajstić information content (AvgIpc) is 2.94. The van der Waals surface area contributed by atoms with E-state index in [4.69, 9.17) is 4.74 Å². The first-order valence-electron chi connectivity index (χ1n) is 14.0. The molecule has 1 saturated heterocycles. The van der Waals surface area contributed by atoms with E-state index in [2.05, 4.69) is 43.1 Å². The van der Waals surface area contributed by atoms with Crippen LogP contribution in [0.5, 0.6) is 5.75 Å². The van der Waals surface area contributed by atoms with Crippen LogP contribution in [0.4, 0.5) is 30.6 Å². The first-order chi connectivity index (χ1) is 19.6. The Labute approximate surface area is 237 Å². The number of hydrogen-bond acceptors (Lipinski definition) is 8. The summed E-state index contributed by atoms with van der Waals surface area (Å²) in [6, 6.07) is 4.15. The maximum Gasteiger partial charge on any atom is 0.421 e. The fraction of sp³-hybridized carbons (Fsp3) is 0.571. The number of carbonyl (C=O) groups excluding carboxylic acids is 2. The number of aromatic nitrogens is 2. The molecular formula is C28H38F3N7O3. The first kappa shape index (κ1) is 30.4. The Kier molecular flexibility index (Phi) is 9.90. The normalized spacial score (nSPS) is 20.2. The SMILES string of the molecule is CCN1CCC(NC(=O)c2ccc(Nc3ncc(C(F)(F)F)c(N[C@H]4CCCC[C@@H]4NC(C)=O)n3)c(OC)c2)CC1. The topological polar surface area (TPSA) is 121 Å². The molecule has 1 aromatic carbocycles. The number of anilines is 3. The quantitative estimate of drug-likeness (QED) is 0.348. The summed E-state index contributed by atoms with van der Waals surface area (Å²) >= 11 is 0. The zero-order valence-electron chi connectivity index (χ0n) is 23.6. The van der Waals surface area contributed by atoms with Crippen LogP contribution in [0.1, 0.15) is 68.3 Å². The van der Waals surface area contributed by atoms with Crippen LogP contribution in [0.2, 0.25) is 0 Å². The Bertz CT molecular complexity index is 1220. The van der Waals surface area contributed by atoms with Crippen molar-refractivity contribution in [2.75, 3.05) is 37.4 Å². The van der Waals surface area contributed by atoms with Gasteiger partial charge in [-0.05, 0) is 50.4 Å². The predicted molar refractivity (Wildman–Crippen MR) is 149 cm³/mol. The van der Waals surface area contributed by atoms with Gasteiger partial charge in [-0.25, -0.2) is 4.98 Å². The lowest BCUT2D eigenvalue weighted by molar-refractivity contribution is -0.137. The number of likely N-dealkylation sites (tertiary alicyclic amines) is 1. The number of alkyl halides is 3. The van der Waals surface area contributed by atoms with E-state index in [1.807, 2.05) is 0 Å². The van der Waals surface area contributed by atoms with Gasteiger partial charge < -0.3 is 30.9 Å². The number of hydrogen-bond donors (Lipinski definition) is 4. The van der Waals surface area contributed by atoms with Crippen molar-refractivity contribution in [2.24, 2.45) is 0 Å². The van der Waals surface area contributed by atoms with Crippen LogP contribution in [0.25, 0.3) is 0 Å². The maximum atomic E-state index is 13.8. The molecule has 2 heterocycles. The third-order valence-corrected chi connectivity index (χ3v) is 7.65. The zero-order valence-corrected chi connectivity index (χ0v) is 23.6. The van der Waals surface area contributed by atoms with Gasteiger partial charge in [-0.15, -0.1) is 0 Å². The van der Waals surface area contributed by atoms with Crippen LogP contribution in [-0.4, -0.2) is 71.6 Å². The summed E-state index contributed by atoms with van der Waals surface area (Å²) in [6.07, 6.45) is 0.742. The average molecular weight is 578 g/mol. The Morgan fingerprint density at radius 1 is 1.07 bits per heavy atom. The molecule has 224 valence electrons. The standard InChI is InChI=1S/C28H38F3N7O3/c1-4-38-13-11-19(12-14-38)34-26(40)18-9-10-23(24(15-18)41-3)36-27-32-16-20(28(29,30)31)25(37-27)35-22-8-6-5-7-21(22)33-17(2)39/h9-10,15-16,19,21-22H,4-8,11-14H2,1-3H3,(H,33,39)(H,34,40)(H2,32,35,36,37)/t21-,22-/m0/s1. The molecular weight excluding hydrogens is 539 g/mol. The van der Waals surface area contributed by atoms with Crippen molar-refractivity contribution >= 4 is 29.3 Å². The minimum atomic E-state index is -4.68. The van der Waals surface area contributed by atoms with Crippen molar-refractivity contribution in [3.8, 4) is 5.75 Å². The van der Waals surface area contributed by atoms with E-state index < -0.39 is 17.8 Å². The summed E-state index contributed by atoms with van der Waals surface area (Å²) in [5.41, 5.74) is -0.207. The summed E-state index contributed by atoms with van der Waals surface area (Å²) < 4.78 is 47.0. The molecule has 1 aromatic heterocycles. The van der Waals surface area contributed by atoms with E-state index in [9.17, 15) is 22.8 Å². The Balaban J connectivity index is 1.51. The van der Waals surface area contributed by atoms with Gasteiger partial charge in [-0.2, -0.15) is 18.2 Å². The second-order valence-corrected chi connectivity index (χ2v) is 10.5. The third kappa shape index (κ3) is 7.99. The van der Waals surface area contributed by atoms with Gasteiger partial charge in [-0.3, -0.25) is 9.59 Å². The van der Waals surface area contributed by atoms with E-state index in [1.165, 1.54) is 14.0 Å². The van der Waals surface area contributed by atoms with E-state index in [0.717, 1.165) is 51.5 Å². The smallest absolute Gasteiger partial charge is 0.421 e. The van der Waals surface area contributed by atoms with Crippen LogP contribution in [0.3, 0.4) is 0 Å². The second kappa shape index (κ2) is 13.4. The molecule has 4 rings (SSSR count). The van der Waals surface area contributed by atoms with Crippen LogP contribution in [0, 0.1) is 0 Å². The predicted octanol–water partition coefficient (Wildman–Crippen LogP) is 4.32. The second-order valence-electron chi connectivity index (χ2n) is 10.5. The summed E-state index contributed by atoms with van der Waals surface area (Å²) in [5.74, 6) is -0.597. The minimum Gasteiger partial charge on any atom is -0.495 e. The molecule has 0 spiro atoms. The lowest BCUT2D eigenvalue weighted by atomic mass is 9.90. The molecule has 10 nitrogen and oxygen atoms in total. The molecule has 0 unspecified atom stereocenters. The Morgan fingerprint density at radius 3 is 2.41 bits per heavy atom. The fourth-order valence-electron chi connectivity index (χ4n) is 5.39. The van der Waals surface area contributed by atoms with Crippen LogP contribution in [-0.2, 0) is 11.0 Å². The number of halogens is 3. The highest BCUT2D eigenvalue weighted by atomic mass is 19.4. The van der Waals surface area contributed by atoms with Crippen molar-refractivity contribution in [3.63, 3.8) is 0 Å². The molecule has 2 atom stereocenters. The molecule has 13 heteroatoms. The number of benzene rings is 1. The van der Waals surface area contributed by atoms with E-state index in [1.54, 1.807) is 18.2 Å². The van der Waals surface area contributed by atoms with Gasteiger partial charge in [0.15, 0.2) is 0 Å². The highest BCUT2D eigenvalue weighted by Gasteiger charge is 2.37. The number of amides is 2. The number of methoxy groups -OCH3 is 1. The number of nitrogens with zero attached hydrogens (tertiary/aromatic N) is 3. The van der Waals surface area contributed by atoms with Gasteiger partial charge in [0.1, 0.15) is 17.1 Å². The molecule has 1 aliphatic carbocycles. The summed E-state index contributed by atoms with van der Waals surface area (Å²) in [6.45, 7) is 6.37. The number of nitrogens with one attached hydrogen (secondary N) is 4. The highest BCUT2D eigenvalue weighted by Crippen LogP contribution is 2.36. The molecule has 0 bridgehead atoms. The molecule has 2 aliphatic rings. The van der Waals surface area contributed by atoms with E-state index >= 15 is 0 Å². The largest absolute Gasteiger partial charge is 0.495 e. The van der Waals surface area contributed by atoms with Crippen molar-refractivity contribution in [1.82, 2.24) is 25.5 Å². The van der Waals surface area contributed by atoms with Crippen molar-refractivity contribution < 1.29 is 27.5 Å². The van der Waals surface area contributed by atoms with Crippen molar-refractivity contribution in [1.29, 1.82) is 0 Å². The Morgan fingerprint density at radius 2 is 1.78 bits per heavy atom. The zero-order chi connectivity index (χ0) is 29.6. The monoisotopic (exact) mass is 577 g/mol. The van der Waals surface area contributed by atoms with Crippen LogP contribution in [0.15, 0.2) is 24.4 Å². The van der Waals surface area contributed by atoms with Gasteiger partial charge in [0.2, 0.25) is 11.9 Å². The van der Waals surface area contributed by atoms with Gasteiger partial charge in [0.05, 0.1) is 12.8 Å². The van der Waals surface area contributed by atoms with Crippen LogP contribution >= 0.6 is 0 Å². The van der Waals surface area contributed by atoms with E-state index in [0.29, 0.717) is 29.8 Å². The third-order valence-electron chi connectivity index (χ3n) is 7.65. The van der Waals surface area contributed by atoms with Gasteiger partial charge in [0.25, 0.3) is 5.91 Å². The molecule has 2 aromatic rings. The molecule has 1 aliphatic heterocycles. The Hall–Kier alpha value is -3.61. The van der Waals surface area contributed by atoms with Crippen LogP contribution < -0.4 is 26.0 Å². The molecule has 0 radical (unpaired) electrons.